The molecule has 5 nitrogen and oxygen atoms in total. The molecule has 1 N–H and O–H groups in total. The van der Waals surface area contributed by atoms with Crippen molar-refractivity contribution < 1.29 is 9.90 Å². The van der Waals surface area contributed by atoms with E-state index in [2.05, 4.69) is 5.10 Å². The molecule has 23 heavy (non-hydrogen) atoms. The van der Waals surface area contributed by atoms with Gasteiger partial charge in [0, 0.05) is 15.5 Å². The number of fused-ring (bicyclic) bond motifs is 3. The monoisotopic (exact) mass is 322 g/mol. The van der Waals surface area contributed by atoms with Crippen LogP contribution in [-0.4, -0.2) is 20.9 Å². The van der Waals surface area contributed by atoms with Gasteiger partial charge in [0.2, 0.25) is 0 Å². The van der Waals surface area contributed by atoms with E-state index in [9.17, 15) is 14.7 Å². The summed E-state index contributed by atoms with van der Waals surface area (Å²) in [4.78, 5) is 24.1. The van der Waals surface area contributed by atoms with Crippen LogP contribution in [0, 0.1) is 0 Å². The minimum absolute atomic E-state index is 0.0467. The van der Waals surface area contributed by atoms with Crippen molar-refractivity contribution in [3.63, 3.8) is 0 Å². The number of para-hydroxylation sites is 1. The fourth-order valence-electron chi connectivity index (χ4n) is 2.61. The number of carbonyl (C=O) groups is 1. The predicted molar refractivity (Wildman–Crippen MR) is 88.8 cm³/mol. The van der Waals surface area contributed by atoms with Gasteiger partial charge in [0.25, 0.3) is 5.56 Å². The summed E-state index contributed by atoms with van der Waals surface area (Å²) in [6, 6.07) is 14.1. The van der Waals surface area contributed by atoms with Gasteiger partial charge in [-0.05, 0) is 18.2 Å². The molecule has 0 aliphatic carbocycles. The molecule has 2 aliphatic heterocycles. The van der Waals surface area contributed by atoms with Crippen molar-refractivity contribution in [3.05, 3.63) is 69.8 Å². The van der Waals surface area contributed by atoms with E-state index in [1.165, 1.54) is 22.1 Å². The van der Waals surface area contributed by atoms with E-state index in [4.69, 9.17) is 0 Å². The number of nitrogens with zero attached hydrogens (tertiary/aromatic N) is 2. The van der Waals surface area contributed by atoms with Gasteiger partial charge in [-0.15, -0.1) is 11.3 Å². The SMILES string of the molecule is O=C(O)c1ccccc1-n1nc2c3ccccc3scc-2c1=O. The highest BCUT2D eigenvalue weighted by molar-refractivity contribution is 7.17. The third-order valence-electron chi connectivity index (χ3n) is 3.69. The maximum Gasteiger partial charge on any atom is 0.337 e. The number of carboxylic acid groups (broad SMARTS) is 1. The van der Waals surface area contributed by atoms with Gasteiger partial charge >= 0.3 is 5.97 Å². The summed E-state index contributed by atoms with van der Waals surface area (Å²) in [7, 11) is 0. The van der Waals surface area contributed by atoms with Crippen LogP contribution in [0.3, 0.4) is 0 Å². The van der Waals surface area contributed by atoms with Gasteiger partial charge in [-0.25, -0.2) is 4.79 Å². The second kappa shape index (κ2) is 5.03. The number of benzene rings is 2. The molecule has 2 heterocycles. The highest BCUT2D eigenvalue weighted by Gasteiger charge is 2.21. The van der Waals surface area contributed by atoms with E-state index in [1.807, 2.05) is 24.3 Å². The first-order valence-electron chi connectivity index (χ1n) is 6.89. The number of rotatable bonds is 2. The van der Waals surface area contributed by atoms with Crippen molar-refractivity contribution in [3.8, 4) is 16.9 Å². The van der Waals surface area contributed by atoms with Crippen molar-refractivity contribution in [1.29, 1.82) is 0 Å². The molecule has 0 bridgehead atoms. The zero-order valence-electron chi connectivity index (χ0n) is 11.8. The Morgan fingerprint density at radius 3 is 2.65 bits per heavy atom. The van der Waals surface area contributed by atoms with Gasteiger partial charge in [0.15, 0.2) is 0 Å². The topological polar surface area (TPSA) is 72.2 Å². The van der Waals surface area contributed by atoms with Crippen molar-refractivity contribution in [1.82, 2.24) is 9.78 Å². The summed E-state index contributed by atoms with van der Waals surface area (Å²) in [5, 5.41) is 16.4. The molecule has 0 aromatic heterocycles. The third kappa shape index (κ3) is 2.03. The lowest BCUT2D eigenvalue weighted by Gasteiger charge is -2.03. The molecule has 2 aromatic carbocycles. The Bertz CT molecular complexity index is 1080. The molecule has 0 amide bonds. The van der Waals surface area contributed by atoms with E-state index >= 15 is 0 Å². The number of aromatic nitrogens is 2. The minimum Gasteiger partial charge on any atom is -0.478 e. The standard InChI is InChI=1S/C17H10N2O3S/c20-16-12-9-23-14-8-4-2-6-11(14)15(12)18-19(16)13-7-3-1-5-10(13)17(21)22/h1-9H,(H,21,22). The largest absolute Gasteiger partial charge is 0.478 e. The summed E-state index contributed by atoms with van der Waals surface area (Å²) in [6.07, 6.45) is 0. The Hall–Kier alpha value is -2.99. The number of hydrogen-bond acceptors (Lipinski definition) is 4. The molecule has 0 radical (unpaired) electrons. The Morgan fingerprint density at radius 2 is 1.83 bits per heavy atom. The van der Waals surface area contributed by atoms with Crippen LogP contribution >= 0.6 is 11.3 Å². The van der Waals surface area contributed by atoms with Crippen LogP contribution in [0.4, 0.5) is 0 Å². The van der Waals surface area contributed by atoms with Crippen LogP contribution in [-0.2, 0) is 0 Å². The van der Waals surface area contributed by atoms with Crippen LogP contribution < -0.4 is 5.56 Å². The second-order valence-electron chi connectivity index (χ2n) is 5.03. The summed E-state index contributed by atoms with van der Waals surface area (Å²) in [6.45, 7) is 0. The molecule has 0 fully saturated rings. The molecular formula is C17H10N2O3S. The molecule has 0 saturated heterocycles. The van der Waals surface area contributed by atoms with Crippen LogP contribution in [0.5, 0.6) is 0 Å². The number of hydrogen-bond donors (Lipinski definition) is 1. The Morgan fingerprint density at radius 1 is 1.09 bits per heavy atom. The average molecular weight is 322 g/mol. The summed E-state index contributed by atoms with van der Waals surface area (Å²) < 4.78 is 2.20. The smallest absolute Gasteiger partial charge is 0.337 e. The quantitative estimate of drug-likeness (QED) is 0.615. The normalized spacial score (nSPS) is 11.1. The van der Waals surface area contributed by atoms with Crippen molar-refractivity contribution in [2.45, 2.75) is 0 Å². The lowest BCUT2D eigenvalue weighted by molar-refractivity contribution is 0.0696. The van der Waals surface area contributed by atoms with Crippen molar-refractivity contribution in [2.24, 2.45) is 0 Å². The van der Waals surface area contributed by atoms with Gasteiger partial charge in [-0.2, -0.15) is 9.78 Å². The zero-order chi connectivity index (χ0) is 16.0. The Balaban J connectivity index is 2.08. The van der Waals surface area contributed by atoms with E-state index in [1.54, 1.807) is 23.6 Å². The molecule has 0 unspecified atom stereocenters. The second-order valence-corrected chi connectivity index (χ2v) is 5.94. The fraction of sp³-hybridized carbons (Fsp3) is 0. The lowest BCUT2D eigenvalue weighted by atomic mass is 10.1. The molecule has 2 aliphatic rings. The highest BCUT2D eigenvalue weighted by atomic mass is 32.1. The molecular weight excluding hydrogens is 312 g/mol. The van der Waals surface area contributed by atoms with Crippen LogP contribution in [0.25, 0.3) is 27.0 Å². The zero-order valence-corrected chi connectivity index (χ0v) is 12.6. The van der Waals surface area contributed by atoms with Gasteiger partial charge in [0.1, 0.15) is 5.69 Å². The van der Waals surface area contributed by atoms with Crippen molar-refractivity contribution in [2.75, 3.05) is 0 Å². The van der Waals surface area contributed by atoms with E-state index in [-0.39, 0.29) is 16.8 Å². The van der Waals surface area contributed by atoms with Gasteiger partial charge < -0.3 is 5.11 Å². The molecule has 6 heteroatoms. The summed E-state index contributed by atoms with van der Waals surface area (Å²) >= 11 is 1.47. The lowest BCUT2D eigenvalue weighted by Crippen LogP contribution is -2.17. The first kappa shape index (κ1) is 13.7. The third-order valence-corrected chi connectivity index (χ3v) is 4.65. The van der Waals surface area contributed by atoms with Crippen molar-refractivity contribution >= 4 is 27.4 Å². The van der Waals surface area contributed by atoms with Gasteiger partial charge in [-0.1, -0.05) is 30.3 Å². The Kier molecular flexibility index (Phi) is 2.99. The Labute approximate surface area is 134 Å². The molecule has 0 spiro atoms. The summed E-state index contributed by atoms with van der Waals surface area (Å²) in [5.41, 5.74) is 1.09. The molecule has 2 aromatic rings. The first-order chi connectivity index (χ1) is 11.2. The average Bonchev–Trinajstić information content (AvgIpc) is 2.92. The van der Waals surface area contributed by atoms with E-state index in [0.29, 0.717) is 11.3 Å². The molecule has 112 valence electrons. The maximum atomic E-state index is 12.7. The van der Waals surface area contributed by atoms with Crippen LogP contribution in [0.1, 0.15) is 10.4 Å². The fourth-order valence-corrected chi connectivity index (χ4v) is 3.52. The summed E-state index contributed by atoms with van der Waals surface area (Å²) in [5.74, 6) is -1.09. The minimum atomic E-state index is -1.09. The van der Waals surface area contributed by atoms with Gasteiger partial charge in [0.05, 0.1) is 16.8 Å². The van der Waals surface area contributed by atoms with Crippen LogP contribution in [0.15, 0.2) is 58.7 Å². The van der Waals surface area contributed by atoms with Crippen LogP contribution in [0.2, 0.25) is 0 Å². The van der Waals surface area contributed by atoms with E-state index < -0.39 is 5.97 Å². The molecule has 0 saturated carbocycles. The number of aromatic carboxylic acids is 1. The molecule has 0 atom stereocenters. The number of carboxylic acids is 1. The first-order valence-corrected chi connectivity index (χ1v) is 7.77. The molecule has 4 rings (SSSR count). The van der Waals surface area contributed by atoms with Gasteiger partial charge in [-0.3, -0.25) is 4.79 Å². The highest BCUT2D eigenvalue weighted by Crippen LogP contribution is 2.31. The predicted octanol–water partition coefficient (Wildman–Crippen LogP) is 3.25. The van der Waals surface area contributed by atoms with E-state index in [0.717, 1.165) is 10.1 Å². The maximum absolute atomic E-state index is 12.7.